The monoisotopic (exact) mass is 430 g/mol. The number of nitrogen functional groups attached to an aromatic ring is 1. The minimum Gasteiger partial charge on any atom is -0.469 e. The smallest absolute Gasteiger partial charge is 0.283 e. The number of carbonyl (C=O) groups is 1. The molecule has 156 valence electrons. The molecule has 0 atom stereocenters. The summed E-state index contributed by atoms with van der Waals surface area (Å²) in [5.74, 6) is 0.800. The summed E-state index contributed by atoms with van der Waals surface area (Å²) in [6.45, 7) is 2.06. The van der Waals surface area contributed by atoms with Crippen LogP contribution in [0.5, 0.6) is 0 Å². The minimum absolute atomic E-state index is 0.0940. The molecule has 0 amide bonds. The van der Waals surface area contributed by atoms with Gasteiger partial charge in [0.05, 0.1) is 12.0 Å². The van der Waals surface area contributed by atoms with Crippen molar-refractivity contribution in [2.45, 2.75) is 19.8 Å². The van der Waals surface area contributed by atoms with Crippen LogP contribution in [0.25, 0.3) is 33.4 Å². The zero-order valence-electron chi connectivity index (χ0n) is 17.1. The van der Waals surface area contributed by atoms with Gasteiger partial charge in [0, 0.05) is 47.2 Å². The second-order valence-corrected chi connectivity index (χ2v) is 7.50. The van der Waals surface area contributed by atoms with E-state index in [4.69, 9.17) is 27.1 Å². The van der Waals surface area contributed by atoms with Crippen molar-refractivity contribution in [1.29, 1.82) is 0 Å². The van der Waals surface area contributed by atoms with Gasteiger partial charge in [-0.1, -0.05) is 37.3 Å². The molecule has 31 heavy (non-hydrogen) atoms. The molecule has 2 aliphatic rings. The largest absolute Gasteiger partial charge is 0.469 e. The quantitative estimate of drug-likeness (QED) is 0.262. The number of hydrogen-bond acceptors (Lipinski definition) is 5. The molecular weight excluding hydrogens is 408 g/mol. The Bertz CT molecular complexity index is 1300. The first kappa shape index (κ1) is 20.8. The van der Waals surface area contributed by atoms with Crippen molar-refractivity contribution >= 4 is 39.8 Å². The molecule has 4 rings (SSSR count). The lowest BCUT2D eigenvalue weighted by molar-refractivity contribution is -0.119. The predicted octanol–water partition coefficient (Wildman–Crippen LogP) is 5.36. The number of carbonyl (C=O) groups excluding carboxylic acids is 1. The summed E-state index contributed by atoms with van der Waals surface area (Å²) < 4.78 is 11.6. The number of nitrogens with zero attached hydrogens (tertiary/aromatic N) is 1. The summed E-state index contributed by atoms with van der Waals surface area (Å²) in [5.41, 5.74) is 10.4. The first-order valence-electron chi connectivity index (χ1n) is 10.1. The molecule has 0 fully saturated rings. The highest BCUT2D eigenvalue weighted by atomic mass is 32.1. The molecule has 0 unspecified atom stereocenters. The van der Waals surface area contributed by atoms with Gasteiger partial charge in [0.15, 0.2) is 0 Å². The Morgan fingerprint density at radius 3 is 2.68 bits per heavy atom. The van der Waals surface area contributed by atoms with Crippen LogP contribution < -0.4 is 11.1 Å². The SMILES string of the molecule is CCC(=O)CCOC(=S)N=c1ccc2c(-c3ccccc3)c3ccc(N)cc3oc-2c1. The highest BCUT2D eigenvalue weighted by molar-refractivity contribution is 7.80. The van der Waals surface area contributed by atoms with E-state index >= 15 is 0 Å². The molecule has 2 aromatic carbocycles. The van der Waals surface area contributed by atoms with E-state index in [0.717, 1.165) is 22.1 Å². The van der Waals surface area contributed by atoms with Crippen LogP contribution in [0, 0.1) is 0 Å². The molecule has 2 N–H and O–H groups in total. The number of nitrogens with two attached hydrogens (primary N) is 1. The van der Waals surface area contributed by atoms with Gasteiger partial charge in [0.2, 0.25) is 0 Å². The second kappa shape index (κ2) is 9.10. The molecule has 6 heteroatoms. The Morgan fingerprint density at radius 1 is 1.10 bits per heavy atom. The lowest BCUT2D eigenvalue weighted by atomic mass is 9.93. The Kier molecular flexibility index (Phi) is 6.09. The summed E-state index contributed by atoms with van der Waals surface area (Å²) in [5, 5.41) is 1.69. The van der Waals surface area contributed by atoms with Gasteiger partial charge in [0.25, 0.3) is 5.17 Å². The summed E-state index contributed by atoms with van der Waals surface area (Å²) in [7, 11) is 0. The highest BCUT2D eigenvalue weighted by Crippen LogP contribution is 2.40. The average molecular weight is 431 g/mol. The first-order chi connectivity index (χ1) is 15.0. The number of thiocarbonyl (C=S) groups is 1. The van der Waals surface area contributed by atoms with E-state index in [9.17, 15) is 4.79 Å². The average Bonchev–Trinajstić information content (AvgIpc) is 2.77. The summed E-state index contributed by atoms with van der Waals surface area (Å²) in [6, 6.07) is 21.5. The lowest BCUT2D eigenvalue weighted by Crippen LogP contribution is -2.10. The van der Waals surface area contributed by atoms with Gasteiger partial charge in [-0.05, 0) is 42.0 Å². The van der Waals surface area contributed by atoms with E-state index in [1.807, 2.05) is 61.5 Å². The molecule has 1 aliphatic carbocycles. The van der Waals surface area contributed by atoms with Crippen LogP contribution in [0.1, 0.15) is 19.8 Å². The fourth-order valence-corrected chi connectivity index (χ4v) is 3.64. The Hall–Kier alpha value is -3.51. The van der Waals surface area contributed by atoms with Crippen LogP contribution in [-0.2, 0) is 9.53 Å². The molecule has 1 aliphatic heterocycles. The standard InChI is InChI=1S/C25H22N2O3S/c1-2-19(28)12-13-29-25(31)27-18-9-11-21-23(15-18)30-22-14-17(26)8-10-20(22)24(21)16-6-4-3-5-7-16/h3-11,14-15H,2,12-13,26H2,1H3. The maximum absolute atomic E-state index is 11.4. The number of ketones is 1. The van der Waals surface area contributed by atoms with Crippen molar-refractivity contribution in [1.82, 2.24) is 0 Å². The van der Waals surface area contributed by atoms with E-state index < -0.39 is 0 Å². The van der Waals surface area contributed by atoms with E-state index in [-0.39, 0.29) is 17.6 Å². The molecule has 5 nitrogen and oxygen atoms in total. The number of benzene rings is 3. The first-order valence-corrected chi connectivity index (χ1v) is 10.5. The molecule has 0 radical (unpaired) electrons. The third kappa shape index (κ3) is 4.64. The van der Waals surface area contributed by atoms with Crippen LogP contribution in [0.2, 0.25) is 0 Å². The van der Waals surface area contributed by atoms with Crippen molar-refractivity contribution in [3.63, 3.8) is 0 Å². The predicted molar refractivity (Wildman–Crippen MR) is 127 cm³/mol. The Labute approximate surface area is 185 Å². The Morgan fingerprint density at radius 2 is 1.90 bits per heavy atom. The van der Waals surface area contributed by atoms with Crippen LogP contribution in [0.3, 0.4) is 0 Å². The van der Waals surface area contributed by atoms with Crippen LogP contribution in [0.4, 0.5) is 5.69 Å². The van der Waals surface area contributed by atoms with Crippen LogP contribution >= 0.6 is 12.2 Å². The summed E-state index contributed by atoms with van der Waals surface area (Å²) in [4.78, 5) is 15.7. The van der Waals surface area contributed by atoms with E-state index in [2.05, 4.69) is 17.1 Å². The van der Waals surface area contributed by atoms with E-state index in [1.54, 1.807) is 0 Å². The number of ether oxygens (including phenoxy) is 1. The molecular formula is C25H22N2O3S. The molecule has 0 bridgehead atoms. The Balaban J connectivity index is 1.78. The van der Waals surface area contributed by atoms with E-state index in [1.165, 1.54) is 0 Å². The van der Waals surface area contributed by atoms with Crippen molar-refractivity contribution in [2.75, 3.05) is 12.3 Å². The second-order valence-electron chi connectivity index (χ2n) is 7.15. The third-order valence-corrected chi connectivity index (χ3v) is 5.22. The van der Waals surface area contributed by atoms with Crippen LogP contribution in [-0.4, -0.2) is 17.6 Å². The van der Waals surface area contributed by atoms with Crippen molar-refractivity contribution in [3.8, 4) is 22.5 Å². The molecule has 0 aromatic heterocycles. The van der Waals surface area contributed by atoms with Gasteiger partial charge in [0.1, 0.15) is 17.1 Å². The van der Waals surface area contributed by atoms with Gasteiger partial charge in [-0.3, -0.25) is 4.79 Å². The maximum atomic E-state index is 11.4. The van der Waals surface area contributed by atoms with Crippen molar-refractivity contribution in [2.24, 2.45) is 4.99 Å². The summed E-state index contributed by atoms with van der Waals surface area (Å²) >= 11 is 5.20. The molecule has 0 saturated carbocycles. The van der Waals surface area contributed by atoms with Gasteiger partial charge in [-0.25, -0.2) is 4.99 Å². The fourth-order valence-electron chi connectivity index (χ4n) is 3.45. The van der Waals surface area contributed by atoms with Gasteiger partial charge < -0.3 is 14.9 Å². The molecule has 0 saturated heterocycles. The maximum Gasteiger partial charge on any atom is 0.283 e. The molecule has 2 aromatic rings. The van der Waals surface area contributed by atoms with Crippen molar-refractivity contribution in [3.05, 3.63) is 72.1 Å². The van der Waals surface area contributed by atoms with Gasteiger partial charge in [-0.15, -0.1) is 0 Å². The minimum atomic E-state index is 0.0940. The third-order valence-electron chi connectivity index (χ3n) is 5.01. The molecule has 0 spiro atoms. The fraction of sp³-hybridized carbons (Fsp3) is 0.160. The normalized spacial score (nSPS) is 11.7. The molecule has 1 heterocycles. The van der Waals surface area contributed by atoms with Crippen molar-refractivity contribution < 1.29 is 13.9 Å². The van der Waals surface area contributed by atoms with Crippen LogP contribution in [0.15, 0.2) is 76.1 Å². The number of rotatable bonds is 5. The van der Waals surface area contributed by atoms with Gasteiger partial charge in [-0.2, -0.15) is 0 Å². The number of fused-ring (bicyclic) bond motifs is 2. The summed E-state index contributed by atoms with van der Waals surface area (Å²) in [6.07, 6.45) is 0.814. The number of Topliss-reactive ketones (excluding diaryl/α,β-unsaturated/α-hetero) is 1. The van der Waals surface area contributed by atoms with Gasteiger partial charge >= 0.3 is 0 Å². The topological polar surface area (TPSA) is 77.8 Å². The number of anilines is 1. The number of hydrogen-bond donors (Lipinski definition) is 1. The highest BCUT2D eigenvalue weighted by Gasteiger charge is 2.17. The van der Waals surface area contributed by atoms with E-state index in [0.29, 0.717) is 35.2 Å². The lowest BCUT2D eigenvalue weighted by Gasteiger charge is -2.15. The zero-order valence-corrected chi connectivity index (χ0v) is 17.9. The zero-order chi connectivity index (χ0) is 21.8.